The highest BCUT2D eigenvalue weighted by molar-refractivity contribution is 6.24. The number of hydrogen-bond donors (Lipinski definition) is 0. The molecular weight excluding hydrogens is 508 g/mol. The molecule has 196 valence electrons. The third-order valence-corrected chi connectivity index (χ3v) is 8.27. The van der Waals surface area contributed by atoms with Crippen molar-refractivity contribution in [3.63, 3.8) is 0 Å². The molecule has 0 aliphatic carbocycles. The number of fused-ring (bicyclic) bond motifs is 3. The minimum atomic E-state index is 1.06. The third kappa shape index (κ3) is 3.88. The predicted octanol–water partition coefficient (Wildman–Crippen LogP) is 10.6. The normalized spacial score (nSPS) is 11.3. The highest BCUT2D eigenvalue weighted by atomic mass is 14.6. The summed E-state index contributed by atoms with van der Waals surface area (Å²) in [7, 11) is 0. The molecule has 6 aromatic carbocycles. The van der Waals surface area contributed by atoms with Crippen LogP contribution in [0.15, 0.2) is 158 Å². The lowest BCUT2D eigenvalue weighted by molar-refractivity contribution is 1.30. The minimum absolute atomic E-state index is 1.06. The van der Waals surface area contributed by atoms with Gasteiger partial charge in [-0.2, -0.15) is 0 Å². The van der Waals surface area contributed by atoms with E-state index < -0.39 is 0 Å². The molecule has 0 fully saturated rings. The van der Waals surface area contributed by atoms with Crippen molar-refractivity contribution in [3.8, 4) is 44.5 Å². The largest absolute Gasteiger partial charge is 0.264 e. The van der Waals surface area contributed by atoms with E-state index in [4.69, 9.17) is 0 Å². The number of rotatable bonds is 4. The highest BCUT2D eigenvalue weighted by Gasteiger charge is 2.19. The van der Waals surface area contributed by atoms with Crippen molar-refractivity contribution >= 4 is 32.3 Å². The lowest BCUT2D eigenvalue weighted by atomic mass is 9.84. The summed E-state index contributed by atoms with van der Waals surface area (Å²) in [5, 5.41) is 7.48. The first-order valence-electron chi connectivity index (χ1n) is 14.2. The molecule has 0 atom stereocenters. The molecule has 0 bridgehead atoms. The third-order valence-electron chi connectivity index (χ3n) is 8.27. The monoisotopic (exact) mass is 534 g/mol. The molecule has 2 nitrogen and oxygen atoms in total. The van der Waals surface area contributed by atoms with Crippen molar-refractivity contribution in [3.05, 3.63) is 158 Å². The number of pyridine rings is 2. The van der Waals surface area contributed by atoms with Crippen LogP contribution < -0.4 is 0 Å². The molecule has 8 rings (SSSR count). The maximum atomic E-state index is 4.47. The Hall–Kier alpha value is -5.60. The molecule has 0 N–H and O–H groups in total. The SMILES string of the molecule is c1ccc(-c2c3ccccc3c(-c3cccc4c(-c5ccncc5-c5cccnc5)cccc34)c3ccccc23)cc1. The summed E-state index contributed by atoms with van der Waals surface area (Å²) >= 11 is 0. The molecule has 0 aliphatic heterocycles. The van der Waals surface area contributed by atoms with Crippen molar-refractivity contribution in [1.29, 1.82) is 0 Å². The van der Waals surface area contributed by atoms with Crippen LogP contribution in [0.25, 0.3) is 76.8 Å². The summed E-state index contributed by atoms with van der Waals surface area (Å²) in [4.78, 5) is 8.84. The van der Waals surface area contributed by atoms with Gasteiger partial charge in [-0.3, -0.25) is 9.97 Å². The molecule has 0 radical (unpaired) electrons. The highest BCUT2D eigenvalue weighted by Crippen LogP contribution is 2.46. The summed E-state index contributed by atoms with van der Waals surface area (Å²) in [6.07, 6.45) is 7.53. The van der Waals surface area contributed by atoms with Crippen molar-refractivity contribution < 1.29 is 0 Å². The van der Waals surface area contributed by atoms with Crippen molar-refractivity contribution in [2.75, 3.05) is 0 Å². The predicted molar refractivity (Wildman–Crippen MR) is 176 cm³/mol. The zero-order valence-corrected chi connectivity index (χ0v) is 22.9. The Bertz CT molecular complexity index is 2180. The van der Waals surface area contributed by atoms with E-state index in [1.165, 1.54) is 60.1 Å². The summed E-state index contributed by atoms with van der Waals surface area (Å²) in [5.74, 6) is 0. The van der Waals surface area contributed by atoms with Crippen LogP contribution in [0.4, 0.5) is 0 Å². The van der Waals surface area contributed by atoms with Crippen molar-refractivity contribution in [2.24, 2.45) is 0 Å². The molecule has 0 spiro atoms. The second-order valence-corrected chi connectivity index (χ2v) is 10.6. The Labute approximate surface area is 244 Å². The van der Waals surface area contributed by atoms with Gasteiger partial charge in [-0.25, -0.2) is 0 Å². The topological polar surface area (TPSA) is 25.8 Å². The van der Waals surface area contributed by atoms with E-state index in [1.807, 2.05) is 24.7 Å². The lowest BCUT2D eigenvalue weighted by Gasteiger charge is -2.19. The average molecular weight is 535 g/mol. The first kappa shape index (κ1) is 24.2. The Morgan fingerprint density at radius 1 is 0.286 bits per heavy atom. The van der Waals surface area contributed by atoms with Gasteiger partial charge in [0.1, 0.15) is 0 Å². The van der Waals surface area contributed by atoms with Gasteiger partial charge in [0.2, 0.25) is 0 Å². The van der Waals surface area contributed by atoms with Crippen LogP contribution in [-0.4, -0.2) is 9.97 Å². The Kier molecular flexibility index (Phi) is 5.82. The van der Waals surface area contributed by atoms with E-state index in [0.29, 0.717) is 0 Å². The maximum Gasteiger partial charge on any atom is 0.0353 e. The van der Waals surface area contributed by atoms with Crippen molar-refractivity contribution in [1.82, 2.24) is 9.97 Å². The number of aromatic nitrogens is 2. The number of nitrogens with zero attached hydrogens (tertiary/aromatic N) is 2. The van der Waals surface area contributed by atoms with Crippen LogP contribution in [0.2, 0.25) is 0 Å². The van der Waals surface area contributed by atoms with Gasteiger partial charge in [-0.15, -0.1) is 0 Å². The van der Waals surface area contributed by atoms with Gasteiger partial charge in [0.25, 0.3) is 0 Å². The smallest absolute Gasteiger partial charge is 0.0353 e. The maximum absolute atomic E-state index is 4.47. The zero-order chi connectivity index (χ0) is 27.9. The Morgan fingerprint density at radius 3 is 1.50 bits per heavy atom. The van der Waals surface area contributed by atoms with E-state index in [0.717, 1.165) is 16.7 Å². The Morgan fingerprint density at radius 2 is 0.833 bits per heavy atom. The van der Waals surface area contributed by atoms with Gasteiger partial charge in [0, 0.05) is 35.9 Å². The average Bonchev–Trinajstić information content (AvgIpc) is 3.07. The van der Waals surface area contributed by atoms with Gasteiger partial charge in [0.15, 0.2) is 0 Å². The fourth-order valence-electron chi connectivity index (χ4n) is 6.48. The quantitative estimate of drug-likeness (QED) is 0.210. The first-order chi connectivity index (χ1) is 20.9. The standard InChI is InChI=1S/C40H26N2/c1-2-11-27(12-3-1)39-34-14-4-6-16-36(34)40(37-17-7-5-15-35(37)39)33-21-9-19-29-30(18-8-20-31(29)33)32-22-24-42-26-38(32)28-13-10-23-41-25-28/h1-26H. The molecule has 0 unspecified atom stereocenters. The van der Waals surface area contributed by atoms with Gasteiger partial charge < -0.3 is 0 Å². The van der Waals surface area contributed by atoms with Gasteiger partial charge >= 0.3 is 0 Å². The minimum Gasteiger partial charge on any atom is -0.264 e. The molecule has 8 aromatic rings. The van der Waals surface area contributed by atoms with Gasteiger partial charge in [0.05, 0.1) is 0 Å². The molecular formula is C40H26N2. The first-order valence-corrected chi connectivity index (χ1v) is 14.2. The fourth-order valence-corrected chi connectivity index (χ4v) is 6.48. The summed E-state index contributed by atoms with van der Waals surface area (Å²) in [6.45, 7) is 0. The fraction of sp³-hybridized carbons (Fsp3) is 0. The molecule has 42 heavy (non-hydrogen) atoms. The lowest BCUT2D eigenvalue weighted by Crippen LogP contribution is -1.92. The number of benzene rings is 6. The molecule has 0 saturated heterocycles. The zero-order valence-electron chi connectivity index (χ0n) is 22.9. The second-order valence-electron chi connectivity index (χ2n) is 10.6. The van der Waals surface area contributed by atoms with E-state index >= 15 is 0 Å². The van der Waals surface area contributed by atoms with E-state index in [9.17, 15) is 0 Å². The van der Waals surface area contributed by atoms with Crippen LogP contribution >= 0.6 is 0 Å². The Balaban J connectivity index is 1.45. The van der Waals surface area contributed by atoms with Crippen LogP contribution in [-0.2, 0) is 0 Å². The molecule has 2 heterocycles. The van der Waals surface area contributed by atoms with Crippen LogP contribution in [0.3, 0.4) is 0 Å². The molecule has 0 amide bonds. The van der Waals surface area contributed by atoms with Crippen LogP contribution in [0, 0.1) is 0 Å². The molecule has 2 aromatic heterocycles. The van der Waals surface area contributed by atoms with E-state index in [-0.39, 0.29) is 0 Å². The second kappa shape index (κ2) is 10.1. The van der Waals surface area contributed by atoms with E-state index in [2.05, 4.69) is 137 Å². The molecule has 2 heteroatoms. The van der Waals surface area contributed by atoms with Crippen LogP contribution in [0.1, 0.15) is 0 Å². The van der Waals surface area contributed by atoms with Gasteiger partial charge in [-0.1, -0.05) is 121 Å². The van der Waals surface area contributed by atoms with Gasteiger partial charge in [-0.05, 0) is 77.8 Å². The van der Waals surface area contributed by atoms with E-state index in [1.54, 1.807) is 6.20 Å². The van der Waals surface area contributed by atoms with Crippen LogP contribution in [0.5, 0.6) is 0 Å². The molecule has 0 saturated carbocycles. The summed E-state index contributed by atoms with van der Waals surface area (Å²) in [5.41, 5.74) is 9.49. The molecule has 0 aliphatic rings. The number of hydrogen-bond acceptors (Lipinski definition) is 2. The van der Waals surface area contributed by atoms with Crippen molar-refractivity contribution in [2.45, 2.75) is 0 Å². The summed E-state index contributed by atoms with van der Waals surface area (Å²) < 4.78 is 0. The summed E-state index contributed by atoms with van der Waals surface area (Å²) in [6, 6.07) is 48.0.